The van der Waals surface area contributed by atoms with Gasteiger partial charge in [0.1, 0.15) is 0 Å². The van der Waals surface area contributed by atoms with Crippen molar-refractivity contribution < 1.29 is 18.3 Å². The van der Waals surface area contributed by atoms with Gasteiger partial charge in [-0.3, -0.25) is 0 Å². The number of hydrogen-bond acceptors (Lipinski definition) is 3. The summed E-state index contributed by atoms with van der Waals surface area (Å²) in [4.78, 5) is 1.92. The largest absolute Gasteiger partial charge is 0.417 e. The Labute approximate surface area is 112 Å². The number of nitriles is 1. The predicted octanol–water partition coefficient (Wildman–Crippen LogP) is 2.71. The van der Waals surface area contributed by atoms with Crippen LogP contribution in [0.1, 0.15) is 39.5 Å². The number of nitrogens with zero attached hydrogens (tertiary/aromatic N) is 2. The number of hydrogen-bond donors (Lipinski definition) is 1. The van der Waals surface area contributed by atoms with Gasteiger partial charge in [0.05, 0.1) is 11.5 Å². The summed E-state index contributed by atoms with van der Waals surface area (Å²) in [6.45, 7) is 4.89. The van der Waals surface area contributed by atoms with E-state index in [1.165, 1.54) is 0 Å². The summed E-state index contributed by atoms with van der Waals surface area (Å²) in [5.41, 5.74) is -2.90. The molecular formula is C13H21F3N2O. The van der Waals surface area contributed by atoms with Crippen LogP contribution < -0.4 is 0 Å². The minimum absolute atomic E-state index is 0.253. The van der Waals surface area contributed by atoms with Crippen LogP contribution in [-0.4, -0.2) is 41.4 Å². The first kappa shape index (κ1) is 16.3. The van der Waals surface area contributed by atoms with E-state index in [9.17, 15) is 18.3 Å². The first-order valence-electron chi connectivity index (χ1n) is 6.52. The molecule has 0 unspecified atom stereocenters. The number of halogens is 3. The summed E-state index contributed by atoms with van der Waals surface area (Å²) in [7, 11) is 0. The van der Waals surface area contributed by atoms with Crippen molar-refractivity contribution in [3.05, 3.63) is 0 Å². The molecule has 0 atom stereocenters. The van der Waals surface area contributed by atoms with Gasteiger partial charge >= 0.3 is 6.18 Å². The van der Waals surface area contributed by atoms with Crippen molar-refractivity contribution in [2.24, 2.45) is 5.41 Å². The Morgan fingerprint density at radius 3 is 2.21 bits per heavy atom. The molecule has 0 aromatic carbocycles. The van der Waals surface area contributed by atoms with Crippen molar-refractivity contribution in [2.45, 2.75) is 51.3 Å². The standard InChI is InChI=1S/C13H21F3N2O/c1-11(2,10-17)4-3-7-18-8-5-12(19,6-9-18)13(14,15)16/h19H,3-9H2,1-2H3. The Hall–Kier alpha value is -0.800. The summed E-state index contributed by atoms with van der Waals surface area (Å²) < 4.78 is 37.8. The van der Waals surface area contributed by atoms with Gasteiger partial charge in [-0.2, -0.15) is 18.4 Å². The normalized spacial score (nSPS) is 21.1. The zero-order chi connectivity index (χ0) is 14.7. The van der Waals surface area contributed by atoms with Gasteiger partial charge in [0.25, 0.3) is 0 Å². The van der Waals surface area contributed by atoms with Gasteiger partial charge in [0.2, 0.25) is 0 Å². The van der Waals surface area contributed by atoms with Gasteiger partial charge in [-0.1, -0.05) is 0 Å². The summed E-state index contributed by atoms with van der Waals surface area (Å²) >= 11 is 0. The molecule has 0 amide bonds. The third-order valence-corrected chi connectivity index (χ3v) is 3.79. The molecule has 1 saturated heterocycles. The number of alkyl halides is 3. The summed E-state index contributed by atoms with van der Waals surface area (Å²) in [5, 5.41) is 18.4. The topological polar surface area (TPSA) is 47.3 Å². The molecule has 0 radical (unpaired) electrons. The van der Waals surface area contributed by atoms with Crippen LogP contribution in [0, 0.1) is 16.7 Å². The number of piperidine rings is 1. The van der Waals surface area contributed by atoms with E-state index in [4.69, 9.17) is 5.26 Å². The molecule has 6 heteroatoms. The van der Waals surface area contributed by atoms with Gasteiger partial charge in [0, 0.05) is 13.1 Å². The Balaban J connectivity index is 2.34. The van der Waals surface area contributed by atoms with E-state index in [0.717, 1.165) is 12.8 Å². The number of rotatable bonds is 4. The van der Waals surface area contributed by atoms with Crippen LogP contribution in [0.3, 0.4) is 0 Å². The summed E-state index contributed by atoms with van der Waals surface area (Å²) in [5.74, 6) is 0. The molecule has 1 N–H and O–H groups in total. The molecule has 1 aliphatic heterocycles. The Kier molecular flexibility index (Phi) is 4.86. The molecule has 1 heterocycles. The molecule has 110 valence electrons. The van der Waals surface area contributed by atoms with E-state index in [-0.39, 0.29) is 31.3 Å². The van der Waals surface area contributed by atoms with Crippen molar-refractivity contribution in [1.82, 2.24) is 4.90 Å². The Morgan fingerprint density at radius 1 is 1.26 bits per heavy atom. The summed E-state index contributed by atoms with van der Waals surface area (Å²) in [6, 6.07) is 2.20. The first-order valence-corrected chi connectivity index (χ1v) is 6.52. The maximum Gasteiger partial charge on any atom is 0.417 e. The molecule has 0 aliphatic carbocycles. The van der Waals surface area contributed by atoms with Gasteiger partial charge in [-0.25, -0.2) is 0 Å². The third kappa shape index (κ3) is 4.36. The fourth-order valence-electron chi connectivity index (χ4n) is 2.23. The van der Waals surface area contributed by atoms with Crippen molar-refractivity contribution >= 4 is 0 Å². The van der Waals surface area contributed by atoms with Crippen molar-refractivity contribution in [2.75, 3.05) is 19.6 Å². The highest BCUT2D eigenvalue weighted by Crippen LogP contribution is 2.38. The quantitative estimate of drug-likeness (QED) is 0.860. The fraction of sp³-hybridized carbons (Fsp3) is 0.923. The van der Waals surface area contributed by atoms with Crippen molar-refractivity contribution in [1.29, 1.82) is 5.26 Å². The second-order valence-electron chi connectivity index (χ2n) is 5.97. The third-order valence-electron chi connectivity index (χ3n) is 3.79. The molecular weight excluding hydrogens is 257 g/mol. The first-order chi connectivity index (χ1) is 8.60. The Bertz CT molecular complexity index is 339. The van der Waals surface area contributed by atoms with Crippen molar-refractivity contribution in [3.8, 4) is 6.07 Å². The van der Waals surface area contributed by atoms with Gasteiger partial charge in [-0.15, -0.1) is 0 Å². The molecule has 1 aliphatic rings. The molecule has 3 nitrogen and oxygen atoms in total. The van der Waals surface area contributed by atoms with E-state index >= 15 is 0 Å². The molecule has 0 aromatic rings. The highest BCUT2D eigenvalue weighted by Gasteiger charge is 2.54. The second-order valence-corrected chi connectivity index (χ2v) is 5.97. The Morgan fingerprint density at radius 2 is 1.79 bits per heavy atom. The van der Waals surface area contributed by atoms with E-state index < -0.39 is 11.8 Å². The molecule has 1 fully saturated rings. The van der Waals surface area contributed by atoms with Crippen LogP contribution in [0.25, 0.3) is 0 Å². The lowest BCUT2D eigenvalue weighted by Gasteiger charge is -2.39. The smallest absolute Gasteiger partial charge is 0.380 e. The van der Waals surface area contributed by atoms with Crippen LogP contribution in [0.4, 0.5) is 13.2 Å². The SMILES string of the molecule is CC(C)(C#N)CCCN1CCC(O)(C(F)(F)F)CC1. The minimum atomic E-state index is -4.54. The van der Waals surface area contributed by atoms with Crippen LogP contribution in [-0.2, 0) is 0 Å². The minimum Gasteiger partial charge on any atom is -0.380 e. The fourth-order valence-corrected chi connectivity index (χ4v) is 2.23. The molecule has 0 bridgehead atoms. The molecule has 1 rings (SSSR count). The van der Waals surface area contributed by atoms with Crippen LogP contribution in [0.2, 0.25) is 0 Å². The number of likely N-dealkylation sites (tertiary alicyclic amines) is 1. The second kappa shape index (κ2) is 5.68. The lowest BCUT2D eigenvalue weighted by Crippen LogP contribution is -2.53. The summed E-state index contributed by atoms with van der Waals surface area (Å²) in [6.07, 6.45) is -3.56. The lowest BCUT2D eigenvalue weighted by molar-refractivity contribution is -0.272. The van der Waals surface area contributed by atoms with E-state index in [2.05, 4.69) is 6.07 Å². The zero-order valence-electron chi connectivity index (χ0n) is 11.4. The van der Waals surface area contributed by atoms with Gasteiger partial charge in [-0.05, 0) is 46.1 Å². The maximum absolute atomic E-state index is 12.6. The number of aliphatic hydroxyl groups is 1. The van der Waals surface area contributed by atoms with Crippen molar-refractivity contribution in [3.63, 3.8) is 0 Å². The molecule has 0 spiro atoms. The molecule has 0 saturated carbocycles. The highest BCUT2D eigenvalue weighted by molar-refractivity contribution is 4.93. The van der Waals surface area contributed by atoms with E-state index in [1.807, 2.05) is 18.7 Å². The lowest BCUT2D eigenvalue weighted by atomic mass is 9.88. The average molecular weight is 278 g/mol. The average Bonchev–Trinajstić information content (AvgIpc) is 2.30. The van der Waals surface area contributed by atoms with Crippen LogP contribution in [0.5, 0.6) is 0 Å². The predicted molar refractivity (Wildman–Crippen MR) is 65.3 cm³/mol. The molecule has 19 heavy (non-hydrogen) atoms. The van der Waals surface area contributed by atoms with E-state index in [0.29, 0.717) is 6.54 Å². The molecule has 0 aromatic heterocycles. The van der Waals surface area contributed by atoms with Gasteiger partial charge in [0.15, 0.2) is 5.60 Å². The highest BCUT2D eigenvalue weighted by atomic mass is 19.4. The zero-order valence-corrected chi connectivity index (χ0v) is 11.4. The van der Waals surface area contributed by atoms with E-state index in [1.54, 1.807) is 0 Å². The van der Waals surface area contributed by atoms with Gasteiger partial charge < -0.3 is 10.0 Å². The van der Waals surface area contributed by atoms with Crippen LogP contribution in [0.15, 0.2) is 0 Å². The monoisotopic (exact) mass is 278 g/mol. The maximum atomic E-state index is 12.6. The van der Waals surface area contributed by atoms with Crippen LogP contribution >= 0.6 is 0 Å².